The highest BCUT2D eigenvalue weighted by molar-refractivity contribution is 7.94. The number of fused-ring (bicyclic) bond motifs is 8. The molecule has 1 amide bonds. The van der Waals surface area contributed by atoms with E-state index in [1.54, 1.807) is 0 Å². The molecule has 0 fully saturated rings. The summed E-state index contributed by atoms with van der Waals surface area (Å²) >= 11 is 0.932. The van der Waals surface area contributed by atoms with E-state index in [1.165, 1.54) is 45.1 Å². The van der Waals surface area contributed by atoms with Crippen LogP contribution >= 0.6 is 12.0 Å². The van der Waals surface area contributed by atoms with E-state index in [4.69, 9.17) is 4.74 Å². The van der Waals surface area contributed by atoms with Gasteiger partial charge in [-0.15, -0.1) is 0 Å². The number of ether oxygens (including phenoxy) is 1. The van der Waals surface area contributed by atoms with Gasteiger partial charge in [0, 0.05) is 64.0 Å². The Labute approximate surface area is 238 Å². The van der Waals surface area contributed by atoms with Gasteiger partial charge in [0.1, 0.15) is 0 Å². The monoisotopic (exact) mass is 559 g/mol. The van der Waals surface area contributed by atoms with Gasteiger partial charge in [0.2, 0.25) is 12.1 Å². The van der Waals surface area contributed by atoms with Gasteiger partial charge < -0.3 is 20.2 Å². The number of rotatable bonds is 6. The minimum absolute atomic E-state index is 0.0692. The Bertz CT molecular complexity index is 1520. The number of allylic oxidation sites excluding steroid dienone is 1. The fraction of sp³-hybridized carbons (Fsp3) is 0.419. The van der Waals surface area contributed by atoms with Gasteiger partial charge in [-0.2, -0.15) is 8.91 Å². The predicted octanol–water partition coefficient (Wildman–Crippen LogP) is 4.09. The molecule has 5 aliphatic rings. The molecule has 5 aliphatic heterocycles. The molecule has 208 valence electrons. The molecule has 2 aromatic rings. The molecule has 0 radical (unpaired) electrons. The van der Waals surface area contributed by atoms with Gasteiger partial charge in [-0.05, 0) is 55.7 Å². The maximum atomic E-state index is 10.9. The molecule has 9 heteroatoms. The fourth-order valence-electron chi connectivity index (χ4n) is 7.69. The molecule has 0 aromatic heterocycles. The molecule has 0 saturated carbocycles. The van der Waals surface area contributed by atoms with E-state index in [0.29, 0.717) is 6.54 Å². The molecule has 40 heavy (non-hydrogen) atoms. The summed E-state index contributed by atoms with van der Waals surface area (Å²) in [4.78, 5) is 14.2. The highest BCUT2D eigenvalue weighted by Gasteiger charge is 2.54. The van der Waals surface area contributed by atoms with Crippen LogP contribution in [0.3, 0.4) is 0 Å². The van der Waals surface area contributed by atoms with Crippen LogP contribution in [0.1, 0.15) is 57.2 Å². The first-order valence-electron chi connectivity index (χ1n) is 13.9. The molecule has 0 saturated heterocycles. The summed E-state index contributed by atoms with van der Waals surface area (Å²) in [7, 11) is 0. The van der Waals surface area contributed by atoms with Gasteiger partial charge in [-0.1, -0.05) is 26.0 Å². The lowest BCUT2D eigenvalue weighted by Gasteiger charge is -2.42. The Balaban J connectivity index is 1.33. The van der Waals surface area contributed by atoms with Gasteiger partial charge in [-0.25, -0.2) is 0 Å². The second-order valence-electron chi connectivity index (χ2n) is 12.2. The summed E-state index contributed by atoms with van der Waals surface area (Å²) in [5.41, 5.74) is 10.8. The van der Waals surface area contributed by atoms with E-state index >= 15 is 0 Å². The zero-order valence-electron chi connectivity index (χ0n) is 23.2. The van der Waals surface area contributed by atoms with Crippen LogP contribution < -0.4 is 15.5 Å². The first-order chi connectivity index (χ1) is 19.3. The summed E-state index contributed by atoms with van der Waals surface area (Å²) in [5.74, 6) is 0. The highest BCUT2D eigenvalue weighted by atomic mass is 32.2. The van der Waals surface area contributed by atoms with E-state index in [2.05, 4.69) is 88.3 Å². The number of anilines is 1. The van der Waals surface area contributed by atoms with Gasteiger partial charge >= 0.3 is 0 Å². The van der Waals surface area contributed by atoms with E-state index < -0.39 is 0 Å². The van der Waals surface area contributed by atoms with Crippen molar-refractivity contribution >= 4 is 35.5 Å². The molecule has 7 rings (SSSR count). The van der Waals surface area contributed by atoms with Crippen LogP contribution in [0.25, 0.3) is 0 Å². The fourth-order valence-corrected chi connectivity index (χ4v) is 8.09. The lowest BCUT2D eigenvalue weighted by atomic mass is 9.74. The third-order valence-corrected chi connectivity index (χ3v) is 9.91. The second-order valence-corrected chi connectivity index (χ2v) is 13.0. The summed E-state index contributed by atoms with van der Waals surface area (Å²) in [6, 6.07) is 12.8. The lowest BCUT2D eigenvalue weighted by molar-refractivity contribution is -0.777. The molecule has 2 unspecified atom stereocenters. The van der Waals surface area contributed by atoms with Crippen LogP contribution in [0.2, 0.25) is 0 Å². The zero-order chi connectivity index (χ0) is 27.8. The third-order valence-electron chi connectivity index (χ3n) is 9.34. The minimum Gasteiger partial charge on any atom is -0.691 e. The number of amides is 1. The average Bonchev–Trinajstić information content (AvgIpc) is 3.33. The standard InChI is InChI=1S/C31H33N3O5S/c1-30(2)22-13-18(16-32-17-35)5-7-24(22)33-11-9-26-20(28(30)33)15-21-27(37-26)10-12-34-25-8-6-19(40-39-38-36)14-23(25)31(3,4)29(21)34/h5-8,13-15,17,26-27H,9-12,16H2,1-4H3,(H-,32,35,36). The normalized spacial score (nSPS) is 24.9. The number of hydrogen-bond donors (Lipinski definition) is 1. The number of nitrogens with one attached hydrogen (secondary N) is 1. The topological polar surface area (TPSA) is 86.1 Å². The van der Waals surface area contributed by atoms with E-state index in [9.17, 15) is 10.1 Å². The Hall–Kier alpha value is -2.95. The molecule has 5 heterocycles. The third kappa shape index (κ3) is 3.68. The molecule has 1 N–H and O–H groups in total. The Kier molecular flexibility index (Phi) is 6.03. The molecule has 8 nitrogen and oxygen atoms in total. The molecule has 0 aliphatic carbocycles. The van der Waals surface area contributed by atoms with E-state index in [1.807, 2.05) is 6.07 Å². The first-order valence-corrected chi connectivity index (χ1v) is 14.6. The maximum Gasteiger partial charge on any atom is 0.209 e. The number of carbonyl (C=O) groups is 1. The first kappa shape index (κ1) is 26.0. The number of carbonyl (C=O) groups excluding carboxylic acids is 1. The molecule has 2 atom stereocenters. The smallest absolute Gasteiger partial charge is 0.209 e. The summed E-state index contributed by atoms with van der Waals surface area (Å²) < 4.78 is 14.0. The quantitative estimate of drug-likeness (QED) is 0.188. The van der Waals surface area contributed by atoms with Gasteiger partial charge in [0.05, 0.1) is 29.7 Å². The molecular formula is C31H33N3O5S. The van der Waals surface area contributed by atoms with Crippen LogP contribution in [-0.2, 0) is 36.3 Å². The number of benzene rings is 2. The molecular weight excluding hydrogens is 526 g/mol. The maximum absolute atomic E-state index is 10.9. The van der Waals surface area contributed by atoms with Gasteiger partial charge in [-0.3, -0.25) is 9.83 Å². The van der Waals surface area contributed by atoms with Crippen molar-refractivity contribution in [2.45, 2.75) is 75.0 Å². The average molecular weight is 560 g/mol. The van der Waals surface area contributed by atoms with E-state index in [0.717, 1.165) is 54.8 Å². The van der Waals surface area contributed by atoms with Crippen molar-refractivity contribution in [2.24, 2.45) is 0 Å². The summed E-state index contributed by atoms with van der Waals surface area (Å²) in [6.45, 7) is 11.5. The van der Waals surface area contributed by atoms with Crippen molar-refractivity contribution in [1.82, 2.24) is 5.32 Å². The Morgan fingerprint density at radius 1 is 1.12 bits per heavy atom. The van der Waals surface area contributed by atoms with E-state index in [-0.39, 0.29) is 23.0 Å². The van der Waals surface area contributed by atoms with Gasteiger partial charge in [0.25, 0.3) is 0 Å². The van der Waals surface area contributed by atoms with Crippen molar-refractivity contribution in [1.29, 1.82) is 0 Å². The largest absolute Gasteiger partial charge is 0.691 e. The molecule has 0 spiro atoms. The molecule has 2 aromatic carbocycles. The highest BCUT2D eigenvalue weighted by Crippen LogP contribution is 2.54. The summed E-state index contributed by atoms with van der Waals surface area (Å²) in [6.07, 6.45) is 5.24. The SMILES string of the molecule is CC1(C)C2=C3C=C4C5=[N+](CCC4OC3CCN2c2ccc(CNC=O)cc21)c1ccc(SOO[O-])cc1C5(C)C. The van der Waals surface area contributed by atoms with Gasteiger partial charge in [0.15, 0.2) is 12.3 Å². The second kappa shape index (κ2) is 9.29. The van der Waals surface area contributed by atoms with Crippen molar-refractivity contribution in [2.75, 3.05) is 18.0 Å². The number of hydrogen-bond acceptors (Lipinski definition) is 7. The molecule has 0 bridgehead atoms. The van der Waals surface area contributed by atoms with Crippen LogP contribution in [0.5, 0.6) is 0 Å². The summed E-state index contributed by atoms with van der Waals surface area (Å²) in [5, 5.41) is 16.8. The van der Waals surface area contributed by atoms with Crippen molar-refractivity contribution in [3.05, 3.63) is 76.0 Å². The van der Waals surface area contributed by atoms with Crippen LogP contribution in [0.15, 0.2) is 64.2 Å². The van der Waals surface area contributed by atoms with Crippen molar-refractivity contribution in [3.8, 4) is 0 Å². The van der Waals surface area contributed by atoms with Crippen LogP contribution in [0, 0.1) is 0 Å². The van der Waals surface area contributed by atoms with Crippen LogP contribution in [-0.4, -0.2) is 42.0 Å². The zero-order valence-corrected chi connectivity index (χ0v) is 24.0. The Morgan fingerprint density at radius 2 is 1.98 bits per heavy atom. The number of nitrogens with zero attached hydrogens (tertiary/aromatic N) is 2. The van der Waals surface area contributed by atoms with Crippen molar-refractivity contribution < 1.29 is 28.7 Å². The Morgan fingerprint density at radius 3 is 2.77 bits per heavy atom. The lowest BCUT2D eigenvalue weighted by Crippen LogP contribution is -2.47. The van der Waals surface area contributed by atoms with Crippen molar-refractivity contribution in [3.63, 3.8) is 0 Å². The minimum atomic E-state index is -0.251. The predicted molar refractivity (Wildman–Crippen MR) is 150 cm³/mol. The van der Waals surface area contributed by atoms with Crippen LogP contribution in [0.4, 0.5) is 11.4 Å².